The first-order valence-electron chi connectivity index (χ1n) is 8.37. The van der Waals surface area contributed by atoms with E-state index >= 15 is 0 Å². The highest BCUT2D eigenvalue weighted by molar-refractivity contribution is 4.92. The maximum atomic E-state index is 6.17. The molecule has 1 heterocycles. The zero-order valence-electron chi connectivity index (χ0n) is 12.6. The topological polar surface area (TPSA) is 32.5 Å². The Labute approximate surface area is 118 Å². The second kappa shape index (κ2) is 5.71. The summed E-state index contributed by atoms with van der Waals surface area (Å²) in [4.78, 5) is 5.40. The van der Waals surface area contributed by atoms with Gasteiger partial charge in [0.2, 0.25) is 0 Å². The molecule has 0 aromatic carbocycles. The summed E-state index contributed by atoms with van der Waals surface area (Å²) in [6.45, 7) is 9.68. The van der Waals surface area contributed by atoms with Gasteiger partial charge in [0.25, 0.3) is 0 Å². The van der Waals surface area contributed by atoms with Crippen LogP contribution in [0.5, 0.6) is 0 Å². The minimum Gasteiger partial charge on any atom is -0.330 e. The van der Waals surface area contributed by atoms with E-state index in [1.54, 1.807) is 0 Å². The Hall–Kier alpha value is -0.120. The molecule has 0 spiro atoms. The fraction of sp³-hybridized carbons (Fsp3) is 1.00. The van der Waals surface area contributed by atoms with Crippen molar-refractivity contribution < 1.29 is 0 Å². The predicted octanol–water partition coefficient (Wildman–Crippen LogP) is 1.92. The van der Waals surface area contributed by atoms with Gasteiger partial charge in [0.05, 0.1) is 0 Å². The Balaban J connectivity index is 1.51. The largest absolute Gasteiger partial charge is 0.330 e. The minimum atomic E-state index is 0.430. The van der Waals surface area contributed by atoms with Gasteiger partial charge in [-0.15, -0.1) is 0 Å². The smallest absolute Gasteiger partial charge is 0.0113 e. The van der Waals surface area contributed by atoms with Crippen molar-refractivity contribution in [2.45, 2.75) is 51.5 Å². The van der Waals surface area contributed by atoms with Crippen LogP contribution in [0.2, 0.25) is 0 Å². The molecular weight excluding hydrogens is 234 g/mol. The van der Waals surface area contributed by atoms with Crippen LogP contribution < -0.4 is 5.73 Å². The highest BCUT2D eigenvalue weighted by atomic mass is 15.3. The third kappa shape index (κ3) is 3.32. The first-order valence-corrected chi connectivity index (χ1v) is 8.37. The van der Waals surface area contributed by atoms with Crippen LogP contribution in [0.3, 0.4) is 0 Å². The van der Waals surface area contributed by atoms with E-state index in [0.29, 0.717) is 5.41 Å². The van der Waals surface area contributed by atoms with Crippen LogP contribution in [0.15, 0.2) is 0 Å². The molecule has 3 aliphatic rings. The third-order valence-electron chi connectivity index (χ3n) is 5.65. The zero-order chi connectivity index (χ0) is 13.3. The van der Waals surface area contributed by atoms with Gasteiger partial charge in [-0.1, -0.05) is 19.8 Å². The number of nitrogens with zero attached hydrogens (tertiary/aromatic N) is 2. The van der Waals surface area contributed by atoms with E-state index in [-0.39, 0.29) is 0 Å². The molecule has 0 aromatic heterocycles. The molecule has 2 unspecified atom stereocenters. The summed E-state index contributed by atoms with van der Waals surface area (Å²) in [7, 11) is 0. The third-order valence-corrected chi connectivity index (χ3v) is 5.65. The maximum Gasteiger partial charge on any atom is 0.0113 e. The quantitative estimate of drug-likeness (QED) is 0.843. The van der Waals surface area contributed by atoms with Gasteiger partial charge in [0.15, 0.2) is 0 Å². The first kappa shape index (κ1) is 13.8. The average molecular weight is 265 g/mol. The lowest BCUT2D eigenvalue weighted by molar-refractivity contribution is 0.0523. The zero-order valence-corrected chi connectivity index (χ0v) is 12.6. The minimum absolute atomic E-state index is 0.430. The van der Waals surface area contributed by atoms with Crippen molar-refractivity contribution in [2.24, 2.45) is 17.1 Å². The van der Waals surface area contributed by atoms with E-state index in [4.69, 9.17) is 5.73 Å². The van der Waals surface area contributed by atoms with Crippen LogP contribution in [0.1, 0.15) is 45.4 Å². The molecule has 0 radical (unpaired) electrons. The van der Waals surface area contributed by atoms with Gasteiger partial charge >= 0.3 is 0 Å². The van der Waals surface area contributed by atoms with Gasteiger partial charge in [-0.3, -0.25) is 4.90 Å². The summed E-state index contributed by atoms with van der Waals surface area (Å²) in [6.07, 6.45) is 8.41. The summed E-state index contributed by atoms with van der Waals surface area (Å²) in [6, 6.07) is 0.945. The molecule has 1 aliphatic heterocycles. The highest BCUT2D eigenvalue weighted by Crippen LogP contribution is 2.39. The van der Waals surface area contributed by atoms with Crippen LogP contribution in [-0.2, 0) is 0 Å². The molecule has 0 aromatic rings. The van der Waals surface area contributed by atoms with Gasteiger partial charge in [-0.2, -0.15) is 0 Å². The summed E-state index contributed by atoms with van der Waals surface area (Å²) >= 11 is 0. The maximum absolute atomic E-state index is 6.17. The molecule has 0 amide bonds. The number of rotatable bonds is 4. The van der Waals surface area contributed by atoms with Crippen LogP contribution in [0, 0.1) is 11.3 Å². The van der Waals surface area contributed by atoms with E-state index in [0.717, 1.165) is 18.5 Å². The molecule has 1 saturated heterocycles. The van der Waals surface area contributed by atoms with Gasteiger partial charge in [0, 0.05) is 38.8 Å². The molecule has 19 heavy (non-hydrogen) atoms. The van der Waals surface area contributed by atoms with Crippen molar-refractivity contribution in [3.05, 3.63) is 0 Å². The van der Waals surface area contributed by atoms with Crippen molar-refractivity contribution in [3.63, 3.8) is 0 Å². The molecule has 2 aliphatic carbocycles. The van der Waals surface area contributed by atoms with Crippen molar-refractivity contribution in [3.8, 4) is 0 Å². The van der Waals surface area contributed by atoms with E-state index in [1.165, 1.54) is 71.2 Å². The number of hydrogen-bond acceptors (Lipinski definition) is 3. The van der Waals surface area contributed by atoms with Crippen LogP contribution >= 0.6 is 0 Å². The van der Waals surface area contributed by atoms with Crippen molar-refractivity contribution in [2.75, 3.05) is 39.3 Å². The standard InChI is InChI=1S/C16H31N3/c1-14-3-2-6-16(11-14,12-17)13-18-7-9-19(10-8-18)15-4-5-15/h14-15H,2-13,17H2,1H3. The molecule has 2 saturated carbocycles. The first-order chi connectivity index (χ1) is 9.21. The number of piperazine rings is 1. The van der Waals surface area contributed by atoms with Crippen LogP contribution in [0.4, 0.5) is 0 Å². The highest BCUT2D eigenvalue weighted by Gasteiger charge is 2.37. The fourth-order valence-electron chi connectivity index (χ4n) is 4.36. The van der Waals surface area contributed by atoms with Crippen molar-refractivity contribution in [1.29, 1.82) is 0 Å². The Kier molecular flexibility index (Phi) is 4.16. The predicted molar refractivity (Wildman–Crippen MR) is 80.2 cm³/mol. The van der Waals surface area contributed by atoms with E-state index in [1.807, 2.05) is 0 Å². The summed E-state index contributed by atoms with van der Waals surface area (Å²) in [5.41, 5.74) is 6.60. The molecule has 2 atom stereocenters. The normalized spacial score (nSPS) is 38.5. The van der Waals surface area contributed by atoms with E-state index < -0.39 is 0 Å². The summed E-state index contributed by atoms with van der Waals surface area (Å²) in [5, 5.41) is 0. The SMILES string of the molecule is CC1CCCC(CN)(CN2CCN(C3CC3)CC2)C1. The second-order valence-electron chi connectivity index (χ2n) is 7.45. The van der Waals surface area contributed by atoms with E-state index in [2.05, 4.69) is 16.7 Å². The Morgan fingerprint density at radius 3 is 2.42 bits per heavy atom. The lowest BCUT2D eigenvalue weighted by Gasteiger charge is -2.45. The lowest BCUT2D eigenvalue weighted by atomic mass is 9.69. The van der Waals surface area contributed by atoms with Crippen molar-refractivity contribution in [1.82, 2.24) is 9.80 Å². The number of hydrogen-bond donors (Lipinski definition) is 1. The Morgan fingerprint density at radius 2 is 1.84 bits per heavy atom. The monoisotopic (exact) mass is 265 g/mol. The summed E-state index contributed by atoms with van der Waals surface area (Å²) in [5.74, 6) is 0.880. The van der Waals surface area contributed by atoms with Gasteiger partial charge in [0.1, 0.15) is 0 Å². The lowest BCUT2D eigenvalue weighted by Crippen LogP contribution is -2.52. The van der Waals surface area contributed by atoms with Gasteiger partial charge in [-0.25, -0.2) is 0 Å². The molecule has 110 valence electrons. The second-order valence-corrected chi connectivity index (χ2v) is 7.45. The molecule has 3 rings (SSSR count). The Morgan fingerprint density at radius 1 is 1.11 bits per heavy atom. The van der Waals surface area contributed by atoms with E-state index in [9.17, 15) is 0 Å². The molecule has 2 N–H and O–H groups in total. The molecule has 3 nitrogen and oxygen atoms in total. The molecule has 0 bridgehead atoms. The van der Waals surface area contributed by atoms with Crippen LogP contribution in [-0.4, -0.2) is 55.1 Å². The average Bonchev–Trinajstić information content (AvgIpc) is 3.24. The molecular formula is C16H31N3. The summed E-state index contributed by atoms with van der Waals surface area (Å²) < 4.78 is 0. The molecule has 3 fully saturated rings. The molecule has 3 heteroatoms. The van der Waals surface area contributed by atoms with Crippen molar-refractivity contribution >= 4 is 0 Å². The fourth-order valence-corrected chi connectivity index (χ4v) is 4.36. The number of nitrogens with two attached hydrogens (primary N) is 1. The van der Waals surface area contributed by atoms with Gasteiger partial charge in [-0.05, 0) is 43.6 Å². The van der Waals surface area contributed by atoms with Gasteiger partial charge < -0.3 is 10.6 Å². The Bertz CT molecular complexity index is 294. The van der Waals surface area contributed by atoms with Crippen LogP contribution in [0.25, 0.3) is 0 Å².